The van der Waals surface area contributed by atoms with Crippen LogP contribution < -0.4 is 4.90 Å². The summed E-state index contributed by atoms with van der Waals surface area (Å²) in [4.78, 5) is 13.8. The first kappa shape index (κ1) is 18.6. The summed E-state index contributed by atoms with van der Waals surface area (Å²) < 4.78 is 0. The number of anilines is 1. The highest BCUT2D eigenvalue weighted by atomic mass is 16.6. The van der Waals surface area contributed by atoms with E-state index in [0.717, 1.165) is 17.7 Å². The Morgan fingerprint density at radius 1 is 0.967 bits per heavy atom. The zero-order valence-corrected chi connectivity index (χ0v) is 17.2. The molecular weight excluding hydrogens is 372 g/mol. The van der Waals surface area contributed by atoms with E-state index in [9.17, 15) is 10.1 Å². The molecule has 1 spiro atoms. The van der Waals surface area contributed by atoms with Crippen molar-refractivity contribution in [1.29, 1.82) is 0 Å². The minimum Gasteiger partial charge on any atom is -0.356 e. The van der Waals surface area contributed by atoms with Crippen molar-refractivity contribution in [3.8, 4) is 0 Å². The van der Waals surface area contributed by atoms with Gasteiger partial charge in [0.15, 0.2) is 0 Å². The van der Waals surface area contributed by atoms with Crippen LogP contribution in [0.5, 0.6) is 0 Å². The van der Waals surface area contributed by atoms with Crippen LogP contribution in [-0.4, -0.2) is 10.5 Å². The highest BCUT2D eigenvalue weighted by Gasteiger charge is 2.56. The van der Waals surface area contributed by atoms with Gasteiger partial charge in [-0.05, 0) is 22.8 Å². The molecule has 0 saturated heterocycles. The predicted octanol–water partition coefficient (Wildman–Crippen LogP) is 5.90. The zero-order valence-electron chi connectivity index (χ0n) is 17.2. The molecule has 150 valence electrons. The van der Waals surface area contributed by atoms with Crippen molar-refractivity contribution < 1.29 is 4.92 Å². The number of rotatable bonds is 3. The van der Waals surface area contributed by atoms with E-state index in [4.69, 9.17) is 0 Å². The third kappa shape index (κ3) is 2.53. The molecule has 1 unspecified atom stereocenters. The van der Waals surface area contributed by atoms with Crippen molar-refractivity contribution in [1.82, 2.24) is 0 Å². The van der Waals surface area contributed by atoms with Crippen LogP contribution in [0.25, 0.3) is 6.08 Å². The maximum absolute atomic E-state index is 11.7. The van der Waals surface area contributed by atoms with Crippen molar-refractivity contribution >= 4 is 17.5 Å². The number of benzene rings is 3. The molecule has 1 heterocycles. The third-order valence-electron chi connectivity index (χ3n) is 7.00. The second kappa shape index (κ2) is 6.56. The minimum absolute atomic E-state index is 0.156. The lowest BCUT2D eigenvalue weighted by atomic mass is 9.65. The molecule has 1 atom stereocenters. The molecule has 3 aromatic rings. The minimum atomic E-state index is -0.297. The lowest BCUT2D eigenvalue weighted by Crippen LogP contribution is -2.56. The quantitative estimate of drug-likeness (QED) is 0.409. The average Bonchev–Trinajstić information content (AvgIpc) is 2.93. The third-order valence-corrected chi connectivity index (χ3v) is 7.00. The normalized spacial score (nSPS) is 20.8. The molecule has 0 fully saturated rings. The second-order valence-corrected chi connectivity index (χ2v) is 8.75. The maximum Gasteiger partial charge on any atom is 0.274 e. The van der Waals surface area contributed by atoms with Gasteiger partial charge in [-0.1, -0.05) is 86.7 Å². The van der Waals surface area contributed by atoms with Crippen LogP contribution in [0.3, 0.4) is 0 Å². The molecule has 0 aromatic heterocycles. The molecule has 30 heavy (non-hydrogen) atoms. The molecule has 0 radical (unpaired) electrons. The monoisotopic (exact) mass is 396 g/mol. The van der Waals surface area contributed by atoms with E-state index in [1.54, 1.807) is 12.1 Å². The number of hydrogen-bond donors (Lipinski definition) is 0. The number of nitrogens with zero attached hydrogens (tertiary/aromatic N) is 2. The summed E-state index contributed by atoms with van der Waals surface area (Å²) in [5.74, 6) is 0. The molecule has 0 bridgehead atoms. The smallest absolute Gasteiger partial charge is 0.274 e. The molecular formula is C26H24N2O2. The summed E-state index contributed by atoms with van der Waals surface area (Å²) >= 11 is 0. The van der Waals surface area contributed by atoms with E-state index in [1.807, 2.05) is 12.1 Å². The van der Waals surface area contributed by atoms with Gasteiger partial charge in [0.2, 0.25) is 0 Å². The van der Waals surface area contributed by atoms with Crippen LogP contribution in [-0.2, 0) is 18.4 Å². The number of nitro groups is 1. The Bertz CT molecular complexity index is 1180. The number of nitro benzene ring substituents is 1. The van der Waals surface area contributed by atoms with Gasteiger partial charge in [0.05, 0.1) is 17.0 Å². The fourth-order valence-electron chi connectivity index (χ4n) is 5.29. The zero-order chi connectivity index (χ0) is 20.9. The summed E-state index contributed by atoms with van der Waals surface area (Å²) in [5.41, 5.74) is 5.47. The highest BCUT2D eigenvalue weighted by Crippen LogP contribution is 2.55. The van der Waals surface area contributed by atoms with Crippen LogP contribution in [0.2, 0.25) is 0 Å². The predicted molar refractivity (Wildman–Crippen MR) is 121 cm³/mol. The van der Waals surface area contributed by atoms with Crippen molar-refractivity contribution in [2.75, 3.05) is 4.90 Å². The maximum atomic E-state index is 11.7. The van der Waals surface area contributed by atoms with E-state index < -0.39 is 0 Å². The van der Waals surface area contributed by atoms with Gasteiger partial charge in [-0.2, -0.15) is 0 Å². The fraction of sp³-hybridized carbons (Fsp3) is 0.231. The van der Waals surface area contributed by atoms with Crippen molar-refractivity contribution in [2.45, 2.75) is 37.8 Å². The van der Waals surface area contributed by atoms with Gasteiger partial charge in [-0.3, -0.25) is 10.1 Å². The Kier molecular flexibility index (Phi) is 4.07. The first-order valence-corrected chi connectivity index (χ1v) is 10.3. The SMILES string of the molecule is CC1(C)c2ccccc2N(Cc2ccccc2[N+](=O)[O-])C12C=Cc1ccccc1C2. The van der Waals surface area contributed by atoms with Gasteiger partial charge in [0.25, 0.3) is 5.69 Å². The van der Waals surface area contributed by atoms with Gasteiger partial charge in [0.1, 0.15) is 0 Å². The Balaban J connectivity index is 1.69. The highest BCUT2D eigenvalue weighted by molar-refractivity contribution is 5.73. The molecule has 4 heteroatoms. The van der Waals surface area contributed by atoms with Crippen molar-refractivity contribution in [3.05, 3.63) is 111 Å². The lowest BCUT2D eigenvalue weighted by molar-refractivity contribution is -0.385. The summed E-state index contributed by atoms with van der Waals surface area (Å²) in [5, 5.41) is 11.7. The standard InChI is InChI=1S/C26H24N2O2/c1-25(2)22-12-6-8-14-24(22)27(18-21-11-5-7-13-23(21)28(29)30)26(25)16-15-19-9-3-4-10-20(19)17-26/h3-16H,17-18H2,1-2H3. The van der Waals surface area contributed by atoms with E-state index in [-0.39, 0.29) is 21.6 Å². The van der Waals surface area contributed by atoms with Gasteiger partial charge >= 0.3 is 0 Å². The molecule has 0 N–H and O–H groups in total. The molecule has 3 aromatic carbocycles. The largest absolute Gasteiger partial charge is 0.356 e. The Morgan fingerprint density at radius 3 is 2.50 bits per heavy atom. The van der Waals surface area contributed by atoms with Crippen molar-refractivity contribution in [2.24, 2.45) is 0 Å². The Labute approximate surface area is 176 Å². The van der Waals surface area contributed by atoms with Gasteiger partial charge in [-0.15, -0.1) is 0 Å². The topological polar surface area (TPSA) is 46.4 Å². The van der Waals surface area contributed by atoms with Crippen LogP contribution >= 0.6 is 0 Å². The van der Waals surface area contributed by atoms with Crippen LogP contribution in [0.15, 0.2) is 78.9 Å². The number of fused-ring (bicyclic) bond motifs is 2. The first-order valence-electron chi connectivity index (χ1n) is 10.3. The Morgan fingerprint density at radius 2 is 1.67 bits per heavy atom. The van der Waals surface area contributed by atoms with Crippen LogP contribution in [0, 0.1) is 10.1 Å². The molecule has 2 aliphatic rings. The van der Waals surface area contributed by atoms with E-state index in [0.29, 0.717) is 6.54 Å². The summed E-state index contributed by atoms with van der Waals surface area (Å²) in [6, 6.07) is 24.1. The molecule has 0 amide bonds. The molecule has 5 rings (SSSR count). The summed E-state index contributed by atoms with van der Waals surface area (Å²) in [7, 11) is 0. The first-order chi connectivity index (χ1) is 14.4. The van der Waals surface area contributed by atoms with Gasteiger partial charge in [-0.25, -0.2) is 0 Å². The summed E-state index contributed by atoms with van der Waals surface area (Å²) in [6.45, 7) is 5.08. The lowest BCUT2D eigenvalue weighted by Gasteiger charge is -2.48. The molecule has 1 aliphatic heterocycles. The second-order valence-electron chi connectivity index (χ2n) is 8.75. The van der Waals surface area contributed by atoms with Gasteiger partial charge < -0.3 is 4.90 Å². The molecule has 0 saturated carbocycles. The van der Waals surface area contributed by atoms with E-state index in [2.05, 4.69) is 79.4 Å². The molecule has 4 nitrogen and oxygen atoms in total. The Hall–Kier alpha value is -3.40. The van der Waals surface area contributed by atoms with Crippen LogP contribution in [0.4, 0.5) is 11.4 Å². The number of para-hydroxylation sites is 2. The average molecular weight is 396 g/mol. The van der Waals surface area contributed by atoms with E-state index >= 15 is 0 Å². The van der Waals surface area contributed by atoms with Crippen LogP contribution in [0.1, 0.15) is 36.1 Å². The van der Waals surface area contributed by atoms with E-state index in [1.165, 1.54) is 16.7 Å². The van der Waals surface area contributed by atoms with Crippen molar-refractivity contribution in [3.63, 3.8) is 0 Å². The van der Waals surface area contributed by atoms with Gasteiger partial charge in [0, 0.05) is 29.2 Å². The fourth-order valence-corrected chi connectivity index (χ4v) is 5.29. The summed E-state index contributed by atoms with van der Waals surface area (Å²) in [6.07, 6.45) is 5.41. The number of hydrogen-bond acceptors (Lipinski definition) is 3. The molecule has 1 aliphatic carbocycles.